The molecule has 6 heteroatoms. The molecule has 19 heavy (non-hydrogen) atoms. The number of hydrogen-bond acceptors (Lipinski definition) is 3. The van der Waals surface area contributed by atoms with Gasteiger partial charge < -0.3 is 15.2 Å². The van der Waals surface area contributed by atoms with Crippen molar-refractivity contribution in [2.24, 2.45) is 5.73 Å². The fraction of sp³-hybridized carbons (Fsp3) is 0.462. The Morgan fingerprint density at radius 2 is 1.84 bits per heavy atom. The zero-order valence-corrected chi connectivity index (χ0v) is 12.8. The number of carbonyl (C=O) groups is 1. The SMILES string of the molecule is COCCCCOc1c(C)cccc1C(N)=O.Cl.Cl. The number of nitrogens with two attached hydrogens (primary N) is 1. The van der Waals surface area contributed by atoms with Crippen LogP contribution in [-0.2, 0) is 4.74 Å². The van der Waals surface area contributed by atoms with Crippen molar-refractivity contribution in [1.82, 2.24) is 0 Å². The number of rotatable bonds is 7. The Bertz CT molecular complexity index is 386. The van der Waals surface area contributed by atoms with Gasteiger partial charge >= 0.3 is 0 Å². The Morgan fingerprint density at radius 1 is 1.21 bits per heavy atom. The van der Waals surface area contributed by atoms with Crippen molar-refractivity contribution in [1.29, 1.82) is 0 Å². The molecule has 0 aliphatic heterocycles. The summed E-state index contributed by atoms with van der Waals surface area (Å²) in [4.78, 5) is 11.2. The van der Waals surface area contributed by atoms with Crippen LogP contribution in [0.1, 0.15) is 28.8 Å². The molecule has 1 aromatic rings. The zero-order valence-electron chi connectivity index (χ0n) is 11.2. The van der Waals surface area contributed by atoms with E-state index in [0.717, 1.165) is 25.0 Å². The summed E-state index contributed by atoms with van der Waals surface area (Å²) < 4.78 is 10.6. The third-order valence-corrected chi connectivity index (χ3v) is 2.47. The van der Waals surface area contributed by atoms with Gasteiger partial charge in [0.2, 0.25) is 0 Å². The fourth-order valence-corrected chi connectivity index (χ4v) is 1.56. The summed E-state index contributed by atoms with van der Waals surface area (Å²) in [6.07, 6.45) is 1.83. The number of para-hydroxylation sites is 1. The van der Waals surface area contributed by atoms with E-state index in [1.165, 1.54) is 0 Å². The summed E-state index contributed by atoms with van der Waals surface area (Å²) >= 11 is 0. The summed E-state index contributed by atoms with van der Waals surface area (Å²) in [5.41, 5.74) is 6.66. The van der Waals surface area contributed by atoms with E-state index >= 15 is 0 Å². The second kappa shape index (κ2) is 10.9. The van der Waals surface area contributed by atoms with Gasteiger partial charge in [0.15, 0.2) is 0 Å². The van der Waals surface area contributed by atoms with Crippen LogP contribution in [0.2, 0.25) is 0 Å². The number of benzene rings is 1. The standard InChI is InChI=1S/C13H19NO3.2ClH/c1-10-6-5-7-11(13(14)15)12(10)17-9-4-3-8-16-2;;/h5-7H,3-4,8-9H2,1-2H3,(H2,14,15);2*1H. The largest absolute Gasteiger partial charge is 0.492 e. The Hall–Kier alpha value is -0.970. The van der Waals surface area contributed by atoms with Crippen molar-refractivity contribution in [3.63, 3.8) is 0 Å². The van der Waals surface area contributed by atoms with E-state index in [9.17, 15) is 4.79 Å². The molecule has 4 nitrogen and oxygen atoms in total. The molecule has 0 bridgehead atoms. The lowest BCUT2D eigenvalue weighted by Gasteiger charge is -2.12. The third-order valence-electron chi connectivity index (χ3n) is 2.47. The van der Waals surface area contributed by atoms with E-state index < -0.39 is 5.91 Å². The highest BCUT2D eigenvalue weighted by Gasteiger charge is 2.11. The molecule has 0 fully saturated rings. The number of primary amides is 1. The summed E-state index contributed by atoms with van der Waals surface area (Å²) in [5, 5.41) is 0. The highest BCUT2D eigenvalue weighted by molar-refractivity contribution is 5.96. The maximum atomic E-state index is 11.2. The summed E-state index contributed by atoms with van der Waals surface area (Å²) in [5.74, 6) is 0.137. The Morgan fingerprint density at radius 3 is 2.42 bits per heavy atom. The molecule has 0 atom stereocenters. The van der Waals surface area contributed by atoms with Crippen LogP contribution in [-0.4, -0.2) is 26.2 Å². The summed E-state index contributed by atoms with van der Waals surface area (Å²) in [6, 6.07) is 5.38. The lowest BCUT2D eigenvalue weighted by atomic mass is 10.1. The van der Waals surface area contributed by atoms with Crippen molar-refractivity contribution in [2.45, 2.75) is 19.8 Å². The smallest absolute Gasteiger partial charge is 0.252 e. The van der Waals surface area contributed by atoms with Gasteiger partial charge in [-0.1, -0.05) is 12.1 Å². The van der Waals surface area contributed by atoms with E-state index in [1.807, 2.05) is 13.0 Å². The minimum Gasteiger partial charge on any atom is -0.492 e. The molecule has 0 saturated carbocycles. The number of methoxy groups -OCH3 is 1. The van der Waals surface area contributed by atoms with E-state index in [4.69, 9.17) is 15.2 Å². The molecule has 0 aliphatic carbocycles. The van der Waals surface area contributed by atoms with E-state index in [1.54, 1.807) is 19.2 Å². The predicted octanol–water partition coefficient (Wildman–Crippen LogP) is 2.74. The van der Waals surface area contributed by atoms with Crippen LogP contribution in [0.4, 0.5) is 0 Å². The van der Waals surface area contributed by atoms with Gasteiger partial charge in [-0.05, 0) is 31.4 Å². The first kappa shape index (κ1) is 20.3. The number of hydrogen-bond donors (Lipinski definition) is 1. The van der Waals surface area contributed by atoms with E-state index in [-0.39, 0.29) is 24.8 Å². The molecule has 1 aromatic carbocycles. The van der Waals surface area contributed by atoms with Gasteiger partial charge in [0.25, 0.3) is 5.91 Å². The Balaban J connectivity index is 0. The van der Waals surface area contributed by atoms with Gasteiger partial charge in [-0.3, -0.25) is 4.79 Å². The fourth-order valence-electron chi connectivity index (χ4n) is 1.56. The molecule has 0 aromatic heterocycles. The van der Waals surface area contributed by atoms with Gasteiger partial charge in [0, 0.05) is 13.7 Å². The van der Waals surface area contributed by atoms with Crippen molar-refractivity contribution < 1.29 is 14.3 Å². The topological polar surface area (TPSA) is 61.6 Å². The first-order valence-electron chi connectivity index (χ1n) is 5.68. The van der Waals surface area contributed by atoms with Gasteiger partial charge in [0.05, 0.1) is 12.2 Å². The third kappa shape index (κ3) is 6.66. The molecule has 0 saturated heterocycles. The zero-order chi connectivity index (χ0) is 12.7. The average Bonchev–Trinajstić information content (AvgIpc) is 2.30. The van der Waals surface area contributed by atoms with Crippen molar-refractivity contribution in [3.05, 3.63) is 29.3 Å². The molecule has 0 heterocycles. The number of halogens is 2. The van der Waals surface area contributed by atoms with Crippen LogP contribution in [0.25, 0.3) is 0 Å². The van der Waals surface area contributed by atoms with Crippen LogP contribution < -0.4 is 10.5 Å². The van der Waals surface area contributed by atoms with Crippen LogP contribution in [0.3, 0.4) is 0 Å². The number of carbonyl (C=O) groups excluding carboxylic acids is 1. The minimum atomic E-state index is -0.458. The molecule has 1 amide bonds. The number of unbranched alkanes of at least 4 members (excludes halogenated alkanes) is 1. The second-order valence-corrected chi connectivity index (χ2v) is 3.86. The second-order valence-electron chi connectivity index (χ2n) is 3.86. The molecule has 1 rings (SSSR count). The highest BCUT2D eigenvalue weighted by atomic mass is 35.5. The minimum absolute atomic E-state index is 0. The first-order valence-corrected chi connectivity index (χ1v) is 5.68. The van der Waals surface area contributed by atoms with Gasteiger partial charge in [0.1, 0.15) is 5.75 Å². The van der Waals surface area contributed by atoms with Gasteiger partial charge in [-0.15, -0.1) is 24.8 Å². The number of aryl methyl sites for hydroxylation is 1. The van der Waals surface area contributed by atoms with Crippen LogP contribution in [0.5, 0.6) is 5.75 Å². The molecular weight excluding hydrogens is 289 g/mol. The Labute approximate surface area is 126 Å². The van der Waals surface area contributed by atoms with E-state index in [0.29, 0.717) is 17.9 Å². The summed E-state index contributed by atoms with van der Waals surface area (Å²) in [6.45, 7) is 3.19. The molecule has 110 valence electrons. The van der Waals surface area contributed by atoms with Gasteiger partial charge in [-0.2, -0.15) is 0 Å². The van der Waals surface area contributed by atoms with Gasteiger partial charge in [-0.25, -0.2) is 0 Å². The van der Waals surface area contributed by atoms with Crippen LogP contribution in [0.15, 0.2) is 18.2 Å². The molecular formula is C13H21Cl2NO3. The van der Waals surface area contributed by atoms with Crippen LogP contribution in [0, 0.1) is 6.92 Å². The maximum absolute atomic E-state index is 11.2. The number of amides is 1. The maximum Gasteiger partial charge on any atom is 0.252 e. The predicted molar refractivity (Wildman–Crippen MR) is 80.8 cm³/mol. The van der Waals surface area contributed by atoms with E-state index in [2.05, 4.69) is 0 Å². The molecule has 2 N–H and O–H groups in total. The summed E-state index contributed by atoms with van der Waals surface area (Å²) in [7, 11) is 1.67. The van der Waals surface area contributed by atoms with Crippen molar-refractivity contribution >= 4 is 30.7 Å². The van der Waals surface area contributed by atoms with Crippen molar-refractivity contribution in [2.75, 3.05) is 20.3 Å². The molecule has 0 spiro atoms. The quantitative estimate of drug-likeness (QED) is 0.788. The molecule has 0 radical (unpaired) electrons. The monoisotopic (exact) mass is 309 g/mol. The van der Waals surface area contributed by atoms with Crippen LogP contribution >= 0.6 is 24.8 Å². The first-order chi connectivity index (χ1) is 8.16. The Kier molecular flexibility index (Phi) is 11.7. The lowest BCUT2D eigenvalue weighted by molar-refractivity contribution is 0.0995. The lowest BCUT2D eigenvalue weighted by Crippen LogP contribution is -2.14. The average molecular weight is 310 g/mol. The van der Waals surface area contributed by atoms with Crippen molar-refractivity contribution in [3.8, 4) is 5.75 Å². The normalized spacial score (nSPS) is 9.16. The molecule has 0 unspecified atom stereocenters. The highest BCUT2D eigenvalue weighted by Crippen LogP contribution is 2.23. The number of ether oxygens (including phenoxy) is 2. The molecule has 0 aliphatic rings.